The van der Waals surface area contributed by atoms with Crippen molar-refractivity contribution in [1.29, 1.82) is 0 Å². The van der Waals surface area contributed by atoms with Gasteiger partial charge in [-0.05, 0) is 44.6 Å². The zero-order valence-electron chi connectivity index (χ0n) is 8.52. The lowest BCUT2D eigenvalue weighted by molar-refractivity contribution is 0.655. The fraction of sp³-hybridized carbons (Fsp3) is 0.889. The molecule has 0 saturated carbocycles. The van der Waals surface area contributed by atoms with Crippen LogP contribution in [0.2, 0.25) is 19.6 Å². The number of hydrogen-bond acceptors (Lipinski definition) is 1. The van der Waals surface area contributed by atoms with Crippen molar-refractivity contribution in [3.8, 4) is 0 Å². The Morgan fingerprint density at radius 3 is 1.91 bits per heavy atom. The van der Waals surface area contributed by atoms with E-state index in [2.05, 4.69) is 44.4 Å². The van der Waals surface area contributed by atoms with E-state index in [9.17, 15) is 0 Å². The van der Waals surface area contributed by atoms with Gasteiger partial charge >= 0.3 is 0 Å². The van der Waals surface area contributed by atoms with E-state index in [1.54, 1.807) is 0 Å². The summed E-state index contributed by atoms with van der Waals surface area (Å²) in [6.07, 6.45) is 4.63. The fourth-order valence-corrected chi connectivity index (χ4v) is 1.49. The molecule has 0 rings (SSSR count). The minimum absolute atomic E-state index is 0.710. The maximum absolute atomic E-state index is 4.61. The monoisotopic (exact) mass is 171 g/mol. The van der Waals surface area contributed by atoms with Gasteiger partial charge in [0, 0.05) is 0 Å². The molecule has 0 aromatic rings. The van der Waals surface area contributed by atoms with Gasteiger partial charge in [0.25, 0.3) is 0 Å². The zero-order valence-corrected chi connectivity index (χ0v) is 9.52. The summed E-state index contributed by atoms with van der Waals surface area (Å²) in [5.41, 5.74) is 0. The van der Waals surface area contributed by atoms with E-state index >= 15 is 0 Å². The van der Waals surface area contributed by atoms with Gasteiger partial charge < -0.3 is 4.66 Å². The van der Waals surface area contributed by atoms with Crippen LogP contribution in [0, 0.1) is 5.92 Å². The predicted octanol–water partition coefficient (Wildman–Crippen LogP) is 3.33. The molecule has 0 N–H and O–H groups in total. The molecule has 66 valence electrons. The maximum Gasteiger partial charge on any atom is 0.171 e. The Labute approximate surface area is 72.0 Å². The first-order valence-corrected chi connectivity index (χ1v) is 7.99. The number of nitrogens with zero attached hydrogens (tertiary/aromatic N) is 1. The van der Waals surface area contributed by atoms with Gasteiger partial charge in [-0.3, -0.25) is 0 Å². The van der Waals surface area contributed by atoms with E-state index in [0.29, 0.717) is 5.92 Å². The van der Waals surface area contributed by atoms with Crippen LogP contribution in [0.3, 0.4) is 0 Å². The second kappa shape index (κ2) is 4.70. The third-order valence-electron chi connectivity index (χ3n) is 1.72. The van der Waals surface area contributed by atoms with Crippen molar-refractivity contribution in [2.24, 2.45) is 10.6 Å². The molecule has 0 atom stereocenters. The van der Waals surface area contributed by atoms with Crippen LogP contribution in [-0.4, -0.2) is 14.5 Å². The third kappa shape index (κ3) is 6.29. The van der Waals surface area contributed by atoms with Crippen molar-refractivity contribution < 1.29 is 0 Å². The summed E-state index contributed by atoms with van der Waals surface area (Å²) >= 11 is 0. The van der Waals surface area contributed by atoms with Crippen LogP contribution in [0.25, 0.3) is 0 Å². The molecule has 2 heteroatoms. The predicted molar refractivity (Wildman–Crippen MR) is 55.9 cm³/mol. The van der Waals surface area contributed by atoms with E-state index in [4.69, 9.17) is 0 Å². The van der Waals surface area contributed by atoms with Crippen molar-refractivity contribution >= 4 is 14.5 Å². The summed E-state index contributed by atoms with van der Waals surface area (Å²) in [6, 6.07) is 0. The van der Waals surface area contributed by atoms with E-state index in [0.717, 1.165) is 0 Å². The van der Waals surface area contributed by atoms with E-state index < -0.39 is 8.24 Å². The van der Waals surface area contributed by atoms with Crippen LogP contribution in [0.5, 0.6) is 0 Å². The molecule has 0 radical (unpaired) electrons. The van der Waals surface area contributed by atoms with Crippen LogP contribution in [0.4, 0.5) is 0 Å². The van der Waals surface area contributed by atoms with Crippen LogP contribution in [-0.2, 0) is 0 Å². The van der Waals surface area contributed by atoms with Crippen molar-refractivity contribution in [3.05, 3.63) is 0 Å². The van der Waals surface area contributed by atoms with Crippen molar-refractivity contribution in [1.82, 2.24) is 0 Å². The van der Waals surface area contributed by atoms with Crippen molar-refractivity contribution in [3.63, 3.8) is 0 Å². The standard InChI is InChI=1S/C9H21NSi/c1-6-9(7-2)8-10-11(3,4)5/h8-9H,6-7H2,1-5H3/b10-8+. The highest BCUT2D eigenvalue weighted by Gasteiger charge is 2.10. The number of hydrogen-bond donors (Lipinski definition) is 0. The molecule has 0 spiro atoms. The highest BCUT2D eigenvalue weighted by Crippen LogP contribution is 2.07. The van der Waals surface area contributed by atoms with Gasteiger partial charge in [0.05, 0.1) is 0 Å². The van der Waals surface area contributed by atoms with Gasteiger partial charge in [-0.25, -0.2) is 0 Å². The van der Waals surface area contributed by atoms with Crippen molar-refractivity contribution in [2.75, 3.05) is 0 Å². The summed E-state index contributed by atoms with van der Waals surface area (Å²) in [5, 5.41) is 0. The van der Waals surface area contributed by atoms with Gasteiger partial charge in [-0.1, -0.05) is 13.8 Å². The van der Waals surface area contributed by atoms with Gasteiger partial charge in [-0.2, -0.15) is 0 Å². The normalized spacial score (nSPS) is 13.3. The average molecular weight is 171 g/mol. The summed E-state index contributed by atoms with van der Waals surface area (Å²) < 4.78 is 4.61. The largest absolute Gasteiger partial charge is 0.333 e. The molecular formula is C9H21NSi. The zero-order chi connectivity index (χ0) is 8.91. The van der Waals surface area contributed by atoms with Gasteiger partial charge in [0.2, 0.25) is 0 Å². The molecular weight excluding hydrogens is 150 g/mol. The van der Waals surface area contributed by atoms with E-state index in [-0.39, 0.29) is 0 Å². The molecule has 0 aliphatic carbocycles. The molecule has 11 heavy (non-hydrogen) atoms. The molecule has 0 aliphatic heterocycles. The minimum atomic E-state index is -1.18. The highest BCUT2D eigenvalue weighted by molar-refractivity contribution is 6.75. The smallest absolute Gasteiger partial charge is 0.171 e. The minimum Gasteiger partial charge on any atom is -0.333 e. The second-order valence-electron chi connectivity index (χ2n) is 4.03. The van der Waals surface area contributed by atoms with E-state index in [1.807, 2.05) is 0 Å². The van der Waals surface area contributed by atoms with Crippen molar-refractivity contribution in [2.45, 2.75) is 46.3 Å². The van der Waals surface area contributed by atoms with Gasteiger partial charge in [0.15, 0.2) is 8.24 Å². The molecule has 0 bridgehead atoms. The summed E-state index contributed by atoms with van der Waals surface area (Å²) in [4.78, 5) is 0. The molecule has 0 amide bonds. The molecule has 0 aliphatic rings. The maximum atomic E-state index is 4.61. The lowest BCUT2D eigenvalue weighted by atomic mass is 10.1. The topological polar surface area (TPSA) is 12.4 Å². The number of rotatable bonds is 4. The lowest BCUT2D eigenvalue weighted by Gasteiger charge is -2.11. The Balaban J connectivity index is 3.89. The summed E-state index contributed by atoms with van der Waals surface area (Å²) in [5.74, 6) is 0.710. The SMILES string of the molecule is CCC(/C=N/[Si](C)(C)C)CC. The molecule has 0 heterocycles. The van der Waals surface area contributed by atoms with E-state index in [1.165, 1.54) is 12.8 Å². The first kappa shape index (κ1) is 10.9. The van der Waals surface area contributed by atoms with Gasteiger partial charge in [0.1, 0.15) is 0 Å². The molecule has 0 aromatic heterocycles. The van der Waals surface area contributed by atoms with Gasteiger partial charge in [-0.15, -0.1) is 0 Å². The quantitative estimate of drug-likeness (QED) is 0.454. The fourth-order valence-electron chi connectivity index (χ4n) is 0.829. The van der Waals surface area contributed by atoms with Crippen LogP contribution in [0.15, 0.2) is 4.66 Å². The molecule has 0 fully saturated rings. The van der Waals surface area contributed by atoms with Crippen LogP contribution in [0.1, 0.15) is 26.7 Å². The summed E-state index contributed by atoms with van der Waals surface area (Å²) in [7, 11) is -1.18. The lowest BCUT2D eigenvalue weighted by Crippen LogP contribution is -2.17. The molecule has 0 aromatic carbocycles. The van der Waals surface area contributed by atoms with Crippen LogP contribution >= 0.6 is 0 Å². The van der Waals surface area contributed by atoms with Crippen LogP contribution < -0.4 is 0 Å². The Morgan fingerprint density at radius 2 is 1.64 bits per heavy atom. The first-order chi connectivity index (χ1) is 4.99. The Hall–Kier alpha value is -0.113. The molecule has 0 saturated heterocycles. The Bertz CT molecular complexity index is 120. The Morgan fingerprint density at radius 1 is 1.18 bits per heavy atom. The second-order valence-corrected chi connectivity index (χ2v) is 8.63. The Kier molecular flexibility index (Phi) is 4.65. The molecule has 0 unspecified atom stereocenters. The average Bonchev–Trinajstić information content (AvgIpc) is 1.88. The molecule has 1 nitrogen and oxygen atoms in total. The third-order valence-corrected chi connectivity index (χ3v) is 2.65. The highest BCUT2D eigenvalue weighted by atomic mass is 28.3. The first-order valence-electron chi connectivity index (χ1n) is 4.55. The summed E-state index contributed by atoms with van der Waals surface area (Å²) in [6.45, 7) is 11.3.